The number of amides is 1. The number of anilines is 2. The molecule has 3 atom stereocenters. The van der Waals surface area contributed by atoms with Gasteiger partial charge in [0.1, 0.15) is 45.6 Å². The maximum Gasteiger partial charge on any atom is 0.417 e. The predicted octanol–water partition coefficient (Wildman–Crippen LogP) is 9.86. The number of nitrogens with zero attached hydrogens (tertiary/aromatic N) is 7. The number of aromatic nitrogens is 3. The molecule has 2 aromatic heterocycles. The van der Waals surface area contributed by atoms with E-state index in [1.807, 2.05) is 65.3 Å². The third kappa shape index (κ3) is 10.7. The summed E-state index contributed by atoms with van der Waals surface area (Å²) in [5, 5.41) is 0.102. The number of hydrogen-bond acceptors (Lipinski definition) is 13. The van der Waals surface area contributed by atoms with Crippen LogP contribution in [-0.4, -0.2) is 121 Å². The number of ether oxygens (including phenoxy) is 6. The van der Waals surface area contributed by atoms with Gasteiger partial charge in [0.05, 0.1) is 51.7 Å². The molecular weight excluding hydrogens is 923 g/mol. The zero-order chi connectivity index (χ0) is 50.4. The van der Waals surface area contributed by atoms with Crippen molar-refractivity contribution >= 4 is 28.5 Å². The summed E-state index contributed by atoms with van der Waals surface area (Å²) in [5.41, 5.74) is -1.36. The van der Waals surface area contributed by atoms with Gasteiger partial charge in [-0.1, -0.05) is 31.2 Å². The number of carbonyl (C=O) groups excluding carboxylic acids is 1. The number of hydrogen-bond donors (Lipinski definition) is 0. The van der Waals surface area contributed by atoms with E-state index >= 15 is 17.6 Å². The first-order chi connectivity index (χ1) is 33.9. The third-order valence-electron chi connectivity index (χ3n) is 14.0. The molecule has 5 aromatic rings. The van der Waals surface area contributed by atoms with E-state index in [1.54, 1.807) is 46.8 Å². The van der Waals surface area contributed by atoms with Gasteiger partial charge >= 0.3 is 18.3 Å². The molecule has 2 saturated heterocycles. The van der Waals surface area contributed by atoms with Crippen molar-refractivity contribution in [3.8, 4) is 34.6 Å². The molecule has 0 unspecified atom stereocenters. The minimum absolute atomic E-state index is 0.102. The molecule has 1 amide bonds. The Balaban J connectivity index is 1.19. The zero-order valence-corrected chi connectivity index (χ0v) is 41.7. The highest BCUT2D eigenvalue weighted by Gasteiger charge is 2.47. The van der Waals surface area contributed by atoms with Crippen molar-refractivity contribution in [1.82, 2.24) is 24.8 Å². The van der Waals surface area contributed by atoms with Crippen LogP contribution in [0, 0.1) is 18.2 Å². The van der Waals surface area contributed by atoms with Gasteiger partial charge in [0.25, 0.3) is 0 Å². The topological polar surface area (TPSA) is 124 Å². The molecule has 0 bridgehead atoms. The number of aryl methyl sites for hydroxylation is 1. The molecule has 3 aromatic carbocycles. The highest BCUT2D eigenvalue weighted by molar-refractivity contribution is 5.98. The van der Waals surface area contributed by atoms with Gasteiger partial charge in [-0.15, -0.1) is 0 Å². The van der Waals surface area contributed by atoms with Crippen molar-refractivity contribution in [2.45, 2.75) is 104 Å². The van der Waals surface area contributed by atoms with Crippen molar-refractivity contribution in [2.75, 3.05) is 76.6 Å². The molecule has 3 aliphatic heterocycles. The van der Waals surface area contributed by atoms with Crippen LogP contribution in [0.5, 0.6) is 23.4 Å². The maximum absolute atomic E-state index is 18.1. The molecule has 0 radical (unpaired) electrons. The van der Waals surface area contributed by atoms with Gasteiger partial charge in [-0.2, -0.15) is 23.1 Å². The minimum atomic E-state index is -4.93. The molecule has 4 aliphatic rings. The van der Waals surface area contributed by atoms with Crippen LogP contribution in [0.4, 0.5) is 33.9 Å². The molecule has 3 fully saturated rings. The van der Waals surface area contributed by atoms with E-state index in [-0.39, 0.29) is 78.4 Å². The van der Waals surface area contributed by atoms with Crippen LogP contribution in [0.3, 0.4) is 0 Å². The second kappa shape index (κ2) is 19.8. The predicted molar refractivity (Wildman–Crippen MR) is 261 cm³/mol. The average Bonchev–Trinajstić information content (AvgIpc) is 4.13. The van der Waals surface area contributed by atoms with Crippen LogP contribution in [0.2, 0.25) is 0 Å². The fraction of sp³-hybridized carbons (Fsp3) is 0.509. The number of fused-ring (bicyclic) bond motifs is 2. The lowest BCUT2D eigenvalue weighted by molar-refractivity contribution is -0.137. The molecule has 18 heteroatoms. The number of halogens is 4. The fourth-order valence-corrected chi connectivity index (χ4v) is 9.97. The van der Waals surface area contributed by atoms with Crippen LogP contribution in [0.1, 0.15) is 76.1 Å². The van der Waals surface area contributed by atoms with Crippen molar-refractivity contribution in [2.24, 2.45) is 5.41 Å². The number of morpholine rings is 1. The molecule has 0 N–H and O–H groups in total. The molecule has 1 saturated carbocycles. The van der Waals surface area contributed by atoms with E-state index in [9.17, 15) is 4.79 Å². The lowest BCUT2D eigenvalue weighted by atomic mass is 9.95. The lowest BCUT2D eigenvalue weighted by Crippen LogP contribution is -2.63. The van der Waals surface area contributed by atoms with Gasteiger partial charge in [0.2, 0.25) is 5.88 Å². The summed E-state index contributed by atoms with van der Waals surface area (Å²) in [7, 11) is 3.15. The van der Waals surface area contributed by atoms with Gasteiger partial charge in [-0.25, -0.2) is 14.2 Å². The number of piperazine rings is 1. The monoisotopic (exact) mass is 985 g/mol. The molecule has 380 valence electrons. The second-order valence-electron chi connectivity index (χ2n) is 20.3. The van der Waals surface area contributed by atoms with Gasteiger partial charge < -0.3 is 43.1 Å². The first-order valence-corrected chi connectivity index (χ1v) is 24.4. The largest absolute Gasteiger partial charge is 0.497 e. The number of methoxy groups -OCH3 is 2. The van der Waals surface area contributed by atoms with Crippen LogP contribution in [-0.2, 0) is 28.7 Å². The summed E-state index contributed by atoms with van der Waals surface area (Å²) in [4.78, 5) is 36.1. The maximum atomic E-state index is 18.1. The molecule has 1 aliphatic carbocycles. The van der Waals surface area contributed by atoms with E-state index in [2.05, 4.69) is 4.90 Å². The number of alkyl halides is 3. The average molecular weight is 986 g/mol. The summed E-state index contributed by atoms with van der Waals surface area (Å²) >= 11 is 0. The van der Waals surface area contributed by atoms with E-state index in [1.165, 1.54) is 19.1 Å². The Labute approximate surface area is 412 Å². The molecular formula is C53H63F4N7O7. The normalized spacial score (nSPS) is 19.9. The lowest BCUT2D eigenvalue weighted by Gasteiger charge is -2.47. The van der Waals surface area contributed by atoms with Gasteiger partial charge in [0, 0.05) is 62.5 Å². The summed E-state index contributed by atoms with van der Waals surface area (Å²) in [6.45, 7) is 15.5. The van der Waals surface area contributed by atoms with Crippen molar-refractivity contribution in [3.05, 3.63) is 88.7 Å². The Morgan fingerprint density at radius 2 is 1.54 bits per heavy atom. The van der Waals surface area contributed by atoms with E-state index in [0.717, 1.165) is 43.6 Å². The zero-order valence-electron chi connectivity index (χ0n) is 41.7. The van der Waals surface area contributed by atoms with E-state index < -0.39 is 52.7 Å². The molecule has 71 heavy (non-hydrogen) atoms. The highest BCUT2D eigenvalue weighted by atomic mass is 19.4. The minimum Gasteiger partial charge on any atom is -0.497 e. The number of pyridine rings is 1. The number of rotatable bonds is 14. The SMILES string of the molecule is CC[C@@H]1CN2c3nc(OCC4(CN5CCOCC5)CC4)nc4c(F)c(-c5cc(N(Cc6ccc(OC)cc6)Cc6ccc(OC)cc6)cc(C)c5C(F)(F)F)nc(c34)O[C@@H](C)[C@@H]2CN1C(=O)OC(C)(C)C. The van der Waals surface area contributed by atoms with Crippen LogP contribution >= 0.6 is 0 Å². The van der Waals surface area contributed by atoms with Crippen molar-refractivity contribution < 1.29 is 50.8 Å². The molecule has 0 spiro atoms. The summed E-state index contributed by atoms with van der Waals surface area (Å²) in [6.07, 6.45) is -3.75. The Hall–Kier alpha value is -6.14. The Morgan fingerprint density at radius 1 is 0.901 bits per heavy atom. The van der Waals surface area contributed by atoms with Crippen LogP contribution in [0.25, 0.3) is 22.2 Å². The summed E-state index contributed by atoms with van der Waals surface area (Å²) in [5.74, 6) is 0.351. The summed E-state index contributed by atoms with van der Waals surface area (Å²) < 4.78 is 100. The third-order valence-corrected chi connectivity index (χ3v) is 14.0. The van der Waals surface area contributed by atoms with Gasteiger partial charge in [-0.05, 0) is 107 Å². The second-order valence-corrected chi connectivity index (χ2v) is 20.3. The van der Waals surface area contributed by atoms with Gasteiger partial charge in [-0.3, -0.25) is 4.90 Å². The quantitative estimate of drug-likeness (QED) is 0.0982. The van der Waals surface area contributed by atoms with Crippen molar-refractivity contribution in [3.63, 3.8) is 0 Å². The molecule has 9 rings (SSSR count). The first-order valence-electron chi connectivity index (χ1n) is 24.4. The van der Waals surface area contributed by atoms with E-state index in [4.69, 9.17) is 43.4 Å². The van der Waals surface area contributed by atoms with Crippen LogP contribution < -0.4 is 28.7 Å². The molecule has 5 heterocycles. The van der Waals surface area contributed by atoms with Crippen molar-refractivity contribution in [1.29, 1.82) is 0 Å². The summed E-state index contributed by atoms with van der Waals surface area (Å²) in [6, 6.07) is 16.6. The fourth-order valence-electron chi connectivity index (χ4n) is 9.97. The Morgan fingerprint density at radius 3 is 2.10 bits per heavy atom. The van der Waals surface area contributed by atoms with E-state index in [0.29, 0.717) is 36.8 Å². The Kier molecular flexibility index (Phi) is 13.9. The number of carbonyl (C=O) groups is 1. The first kappa shape index (κ1) is 49.8. The smallest absolute Gasteiger partial charge is 0.417 e. The highest BCUT2D eigenvalue weighted by Crippen LogP contribution is 2.49. The van der Waals surface area contributed by atoms with Gasteiger partial charge in [0.15, 0.2) is 5.82 Å². The van der Waals surface area contributed by atoms with Crippen LogP contribution in [0.15, 0.2) is 60.7 Å². The molecule has 14 nitrogen and oxygen atoms in total. The Bertz CT molecular complexity index is 2680. The number of benzene rings is 3. The standard InChI is InChI=1S/C53H63F4N7O7/c1-9-36-28-64-41(29-63(36)50(65)71-51(4,5)6)33(3)70-48-42-46(59-49(60-47(42)64)69-31-52(18-19-52)30-61-20-22-68-23-21-61)44(54)45(58-48)40-25-37(24-32(2)43(40)53(55,56)57)62(26-34-10-14-38(66-7)15-11-34)27-35-12-16-39(67-8)17-13-35/h10-17,24-25,33,36,41H,9,18-23,26-31H2,1-8H3/t33-,36+,41-/m0/s1.